The molecule has 0 radical (unpaired) electrons. The fourth-order valence-corrected chi connectivity index (χ4v) is 4.58. The number of nitrogens with one attached hydrogen (secondary N) is 1. The summed E-state index contributed by atoms with van der Waals surface area (Å²) in [7, 11) is -1.98. The van der Waals surface area contributed by atoms with Crippen molar-refractivity contribution in [3.63, 3.8) is 0 Å². The van der Waals surface area contributed by atoms with E-state index in [2.05, 4.69) is 46.1 Å². The van der Waals surface area contributed by atoms with E-state index in [0.717, 1.165) is 6.42 Å². The van der Waals surface area contributed by atoms with Gasteiger partial charge in [-0.25, -0.2) is 0 Å². The number of hydrogen-bond donors (Lipinski definition) is 2. The van der Waals surface area contributed by atoms with E-state index in [1.165, 1.54) is 0 Å². The van der Waals surface area contributed by atoms with Gasteiger partial charge >= 0.3 is 0 Å². The maximum absolute atomic E-state index is 9.90. The highest BCUT2D eigenvalue weighted by Crippen LogP contribution is 2.42. The molecule has 2 aliphatic rings. The smallest absolute Gasteiger partial charge is 0.192 e. The second-order valence-electron chi connectivity index (χ2n) is 8.88. The van der Waals surface area contributed by atoms with E-state index in [9.17, 15) is 5.11 Å². The van der Waals surface area contributed by atoms with Gasteiger partial charge in [0.05, 0.1) is 18.8 Å². The molecule has 0 aromatic rings. The maximum Gasteiger partial charge on any atom is 0.192 e. The molecule has 2 fully saturated rings. The van der Waals surface area contributed by atoms with Crippen LogP contribution in [0.5, 0.6) is 0 Å². The fraction of sp³-hybridized carbons (Fsp3) is 1.00. The Hall–Kier alpha value is 0.0169. The highest BCUT2D eigenvalue weighted by atomic mass is 28.4. The Morgan fingerprint density at radius 1 is 1.13 bits per heavy atom. The van der Waals surface area contributed by atoms with Crippen molar-refractivity contribution in [2.24, 2.45) is 0 Å². The average Bonchev–Trinajstić information content (AvgIpc) is 2.73. The lowest BCUT2D eigenvalue weighted by molar-refractivity contribution is -0.153. The molecule has 5 nitrogen and oxygen atoms in total. The van der Waals surface area contributed by atoms with Gasteiger partial charge in [0.25, 0.3) is 0 Å². The zero-order chi connectivity index (χ0) is 17.6. The lowest BCUT2D eigenvalue weighted by Gasteiger charge is -2.47. The fourth-order valence-electron chi connectivity index (χ4n) is 3.25. The minimum absolute atomic E-state index is 0.0347. The molecule has 2 saturated heterocycles. The predicted molar refractivity (Wildman–Crippen MR) is 94.0 cm³/mol. The van der Waals surface area contributed by atoms with Crippen molar-refractivity contribution in [3.05, 3.63) is 0 Å². The summed E-state index contributed by atoms with van der Waals surface area (Å²) in [4.78, 5) is 0. The zero-order valence-electron chi connectivity index (χ0n) is 16.0. The van der Waals surface area contributed by atoms with Gasteiger partial charge in [-0.3, -0.25) is 0 Å². The number of ether oxygens (including phenoxy) is 2. The molecule has 3 unspecified atom stereocenters. The normalized spacial score (nSPS) is 37.7. The van der Waals surface area contributed by atoms with Gasteiger partial charge in [0.15, 0.2) is 14.1 Å². The molecule has 23 heavy (non-hydrogen) atoms. The molecule has 2 heterocycles. The third-order valence-corrected chi connectivity index (χ3v) is 10.1. The van der Waals surface area contributed by atoms with Gasteiger partial charge in [-0.1, -0.05) is 27.7 Å². The zero-order valence-corrected chi connectivity index (χ0v) is 17.0. The van der Waals surface area contributed by atoms with E-state index >= 15 is 0 Å². The third kappa shape index (κ3) is 3.83. The van der Waals surface area contributed by atoms with Crippen LogP contribution in [0.4, 0.5) is 0 Å². The van der Waals surface area contributed by atoms with E-state index in [-0.39, 0.29) is 42.0 Å². The van der Waals surface area contributed by atoms with Crippen LogP contribution in [0, 0.1) is 0 Å². The summed E-state index contributed by atoms with van der Waals surface area (Å²) in [6.07, 6.45) is 0.578. The largest absolute Gasteiger partial charge is 0.409 e. The molecule has 136 valence electrons. The van der Waals surface area contributed by atoms with Crippen molar-refractivity contribution >= 4 is 8.32 Å². The van der Waals surface area contributed by atoms with Gasteiger partial charge in [-0.15, -0.1) is 0 Å². The van der Waals surface area contributed by atoms with E-state index in [0.29, 0.717) is 0 Å². The van der Waals surface area contributed by atoms with Crippen molar-refractivity contribution in [1.29, 1.82) is 0 Å². The number of rotatable bonds is 4. The van der Waals surface area contributed by atoms with Gasteiger partial charge in [0.2, 0.25) is 0 Å². The SMILES string of the molecule is CC[C@@H]1NC(CO)[C@@H](O[Si](C)(C)C(C)(C)C)C2OC(C)(C)OC21. The summed E-state index contributed by atoms with van der Waals surface area (Å²) in [5.41, 5.74) is 0. The Labute approximate surface area is 142 Å². The van der Waals surface area contributed by atoms with E-state index in [1.54, 1.807) is 0 Å². The van der Waals surface area contributed by atoms with Gasteiger partial charge in [-0.05, 0) is 38.4 Å². The van der Waals surface area contributed by atoms with Gasteiger partial charge in [0.1, 0.15) is 12.2 Å². The van der Waals surface area contributed by atoms with Crippen LogP contribution in [-0.4, -0.2) is 56.2 Å². The number of aliphatic hydroxyl groups is 1. The predicted octanol–water partition coefficient (Wildman–Crippen LogP) is 2.64. The van der Waals surface area contributed by atoms with E-state index in [1.807, 2.05) is 13.8 Å². The molecule has 2 N–H and O–H groups in total. The van der Waals surface area contributed by atoms with Crippen LogP contribution in [0.3, 0.4) is 0 Å². The lowest BCUT2D eigenvalue weighted by atomic mass is 9.89. The van der Waals surface area contributed by atoms with E-state index in [4.69, 9.17) is 13.9 Å². The van der Waals surface area contributed by atoms with Crippen molar-refractivity contribution in [1.82, 2.24) is 5.32 Å². The molecule has 0 saturated carbocycles. The van der Waals surface area contributed by atoms with Crippen LogP contribution < -0.4 is 5.32 Å². The second-order valence-corrected chi connectivity index (χ2v) is 13.6. The standard InChI is InChI=1S/C17H35NO4Si/c1-9-11-13-15(21-17(5,6)20-13)14(12(10-19)18-11)22-23(7,8)16(2,3)4/h11-15,18-19H,9-10H2,1-8H3/t11-,12?,13?,14+,15?/m0/s1. The minimum atomic E-state index is -1.98. The van der Waals surface area contributed by atoms with E-state index < -0.39 is 14.1 Å². The highest BCUT2D eigenvalue weighted by Gasteiger charge is 2.55. The summed E-state index contributed by atoms with van der Waals surface area (Å²) >= 11 is 0. The van der Waals surface area contributed by atoms with Crippen LogP contribution in [0.25, 0.3) is 0 Å². The number of fused-ring (bicyclic) bond motifs is 1. The van der Waals surface area contributed by atoms with Crippen LogP contribution in [0.1, 0.15) is 48.0 Å². The van der Waals surface area contributed by atoms with Crippen LogP contribution in [0.2, 0.25) is 18.1 Å². The highest BCUT2D eigenvalue weighted by molar-refractivity contribution is 6.74. The number of hydrogen-bond acceptors (Lipinski definition) is 5. The van der Waals surface area contributed by atoms with Crippen LogP contribution >= 0.6 is 0 Å². The molecule has 0 bridgehead atoms. The Morgan fingerprint density at radius 3 is 2.17 bits per heavy atom. The first-order valence-corrected chi connectivity index (χ1v) is 11.7. The third-order valence-electron chi connectivity index (χ3n) is 5.58. The summed E-state index contributed by atoms with van der Waals surface area (Å²) in [6.45, 7) is 17.2. The summed E-state index contributed by atoms with van der Waals surface area (Å²) < 4.78 is 19.0. The molecular weight excluding hydrogens is 310 g/mol. The monoisotopic (exact) mass is 345 g/mol. The molecule has 6 heteroatoms. The quantitative estimate of drug-likeness (QED) is 0.767. The van der Waals surface area contributed by atoms with Gasteiger partial charge < -0.3 is 24.3 Å². The van der Waals surface area contributed by atoms with Crippen molar-refractivity contribution < 1.29 is 19.0 Å². The Kier molecular flexibility index (Phi) is 5.37. The Bertz CT molecular complexity index is 421. The average molecular weight is 346 g/mol. The Morgan fingerprint density at radius 2 is 1.70 bits per heavy atom. The van der Waals surface area contributed by atoms with Gasteiger partial charge in [0, 0.05) is 6.04 Å². The molecule has 0 aromatic heterocycles. The first-order chi connectivity index (χ1) is 10.4. The number of aliphatic hydroxyl groups excluding tert-OH is 1. The first-order valence-electron chi connectivity index (χ1n) is 8.82. The molecule has 0 spiro atoms. The summed E-state index contributed by atoms with van der Waals surface area (Å²) in [6, 6.07) is 0.0611. The molecule has 0 amide bonds. The van der Waals surface area contributed by atoms with Crippen molar-refractivity contribution in [2.75, 3.05) is 6.61 Å². The topological polar surface area (TPSA) is 60.0 Å². The summed E-state index contributed by atoms with van der Waals surface area (Å²) in [5, 5.41) is 13.5. The molecular formula is C17H35NO4Si. The number of piperidine rings is 1. The van der Waals surface area contributed by atoms with Crippen LogP contribution in [0.15, 0.2) is 0 Å². The summed E-state index contributed by atoms with van der Waals surface area (Å²) in [5.74, 6) is -0.607. The van der Waals surface area contributed by atoms with Gasteiger partial charge in [-0.2, -0.15) is 0 Å². The molecule has 0 aliphatic carbocycles. The lowest BCUT2D eigenvalue weighted by Crippen LogP contribution is -2.67. The van der Waals surface area contributed by atoms with Crippen molar-refractivity contribution in [2.45, 2.75) is 102 Å². The Balaban J connectivity index is 2.28. The van der Waals surface area contributed by atoms with Crippen molar-refractivity contribution in [3.8, 4) is 0 Å². The second kappa shape index (κ2) is 6.39. The van der Waals surface area contributed by atoms with Crippen LogP contribution in [-0.2, 0) is 13.9 Å². The molecule has 5 atom stereocenters. The molecule has 2 rings (SSSR count). The minimum Gasteiger partial charge on any atom is -0.409 e. The molecule has 2 aliphatic heterocycles. The maximum atomic E-state index is 9.90. The first kappa shape index (κ1) is 19.3. The molecule has 0 aromatic carbocycles.